The molecule has 9 heteroatoms. The highest BCUT2D eigenvalue weighted by atomic mass is 35.5. The molecule has 1 fully saturated rings. The number of rotatable bonds is 6. The molecule has 0 radical (unpaired) electrons. The van der Waals surface area contributed by atoms with Gasteiger partial charge in [0.1, 0.15) is 0 Å². The van der Waals surface area contributed by atoms with Crippen LogP contribution in [-0.4, -0.2) is 53.8 Å². The molecule has 0 atom stereocenters. The third-order valence-electron chi connectivity index (χ3n) is 3.40. The fourth-order valence-electron chi connectivity index (χ4n) is 2.24. The van der Waals surface area contributed by atoms with Crippen LogP contribution in [0.15, 0.2) is 33.8 Å². The van der Waals surface area contributed by atoms with Gasteiger partial charge in [-0.2, -0.15) is 0 Å². The van der Waals surface area contributed by atoms with Gasteiger partial charge in [-0.25, -0.2) is 0 Å². The van der Waals surface area contributed by atoms with E-state index >= 15 is 0 Å². The van der Waals surface area contributed by atoms with Gasteiger partial charge in [-0.15, -0.1) is 10.2 Å². The van der Waals surface area contributed by atoms with Crippen LogP contribution in [0.3, 0.4) is 0 Å². The molecule has 1 saturated heterocycles. The number of hydrogen-bond acceptors (Lipinski definition) is 7. The average molecular weight is 352 g/mol. The van der Waals surface area contributed by atoms with Crippen LogP contribution in [0.5, 0.6) is 0 Å². The first-order valence-electron chi connectivity index (χ1n) is 7.53. The van der Waals surface area contributed by atoms with Crippen LogP contribution in [0.25, 0.3) is 11.5 Å². The van der Waals surface area contributed by atoms with Gasteiger partial charge < -0.3 is 19.7 Å². The molecule has 0 saturated carbocycles. The van der Waals surface area contributed by atoms with Crippen molar-refractivity contribution in [1.82, 2.24) is 15.1 Å². The fraction of sp³-hybridized carbons (Fsp3) is 0.400. The lowest BCUT2D eigenvalue weighted by Crippen LogP contribution is -2.41. The maximum Gasteiger partial charge on any atom is 0.257 e. The van der Waals surface area contributed by atoms with Crippen LogP contribution in [0.2, 0.25) is 5.02 Å². The van der Waals surface area contributed by atoms with E-state index in [9.17, 15) is 0 Å². The molecule has 24 heavy (non-hydrogen) atoms. The molecule has 1 aromatic heterocycles. The van der Waals surface area contributed by atoms with Crippen LogP contribution < -0.4 is 5.73 Å². The molecule has 0 spiro atoms. The normalized spacial score (nSPS) is 16.3. The number of halogens is 1. The molecule has 0 unspecified atom stereocenters. The molecule has 2 heterocycles. The quantitative estimate of drug-likeness (QED) is 0.478. The van der Waals surface area contributed by atoms with E-state index in [0.29, 0.717) is 42.4 Å². The Morgan fingerprint density at radius 3 is 2.96 bits per heavy atom. The Balaban J connectivity index is 1.50. The van der Waals surface area contributed by atoms with E-state index in [0.717, 1.165) is 18.7 Å². The van der Waals surface area contributed by atoms with Crippen molar-refractivity contribution in [2.45, 2.75) is 6.61 Å². The first-order valence-corrected chi connectivity index (χ1v) is 7.91. The Kier molecular flexibility index (Phi) is 5.63. The van der Waals surface area contributed by atoms with Gasteiger partial charge in [0.25, 0.3) is 5.89 Å². The van der Waals surface area contributed by atoms with Gasteiger partial charge in [-0.3, -0.25) is 4.90 Å². The van der Waals surface area contributed by atoms with E-state index in [2.05, 4.69) is 20.3 Å². The van der Waals surface area contributed by atoms with Gasteiger partial charge in [0.15, 0.2) is 12.4 Å². The van der Waals surface area contributed by atoms with Crippen molar-refractivity contribution in [2.75, 3.05) is 32.8 Å². The van der Waals surface area contributed by atoms with Crippen LogP contribution >= 0.6 is 11.6 Å². The van der Waals surface area contributed by atoms with Crippen molar-refractivity contribution in [3.05, 3.63) is 35.2 Å². The number of ether oxygens (including phenoxy) is 1. The molecule has 1 aliphatic rings. The summed E-state index contributed by atoms with van der Waals surface area (Å²) in [5.41, 5.74) is 6.59. The largest absolute Gasteiger partial charge is 0.417 e. The van der Waals surface area contributed by atoms with Crippen molar-refractivity contribution < 1.29 is 14.0 Å². The lowest BCUT2D eigenvalue weighted by Gasteiger charge is -2.25. The number of amidine groups is 1. The molecule has 128 valence electrons. The number of nitrogens with two attached hydrogens (primary N) is 1. The number of benzene rings is 1. The SMILES string of the molecule is N/C(CN1CCOCC1)=N\OCc1nnc(-c2cccc(Cl)c2)o1. The van der Waals surface area contributed by atoms with Crippen molar-refractivity contribution in [1.29, 1.82) is 0 Å². The third kappa shape index (κ3) is 4.67. The second-order valence-electron chi connectivity index (χ2n) is 5.26. The Morgan fingerprint density at radius 1 is 1.33 bits per heavy atom. The van der Waals surface area contributed by atoms with Crippen LogP contribution in [-0.2, 0) is 16.2 Å². The van der Waals surface area contributed by atoms with Crippen molar-refractivity contribution >= 4 is 17.4 Å². The minimum absolute atomic E-state index is 0.0530. The highest BCUT2D eigenvalue weighted by Gasteiger charge is 2.12. The number of nitrogens with zero attached hydrogens (tertiary/aromatic N) is 4. The Bertz CT molecular complexity index is 700. The van der Waals surface area contributed by atoms with Crippen LogP contribution in [0.4, 0.5) is 0 Å². The molecule has 0 aliphatic carbocycles. The number of hydrogen-bond donors (Lipinski definition) is 1. The summed E-state index contributed by atoms with van der Waals surface area (Å²) in [6.07, 6.45) is 0. The van der Waals surface area contributed by atoms with Crippen molar-refractivity contribution in [2.24, 2.45) is 10.9 Å². The van der Waals surface area contributed by atoms with E-state index in [-0.39, 0.29) is 6.61 Å². The van der Waals surface area contributed by atoms with Gasteiger partial charge in [0.05, 0.1) is 19.8 Å². The summed E-state index contributed by atoms with van der Waals surface area (Å²) in [7, 11) is 0. The van der Waals surface area contributed by atoms with Gasteiger partial charge in [0, 0.05) is 23.7 Å². The molecule has 3 rings (SSSR count). The molecule has 2 aromatic rings. The summed E-state index contributed by atoms with van der Waals surface area (Å²) in [6, 6.07) is 7.17. The summed E-state index contributed by atoms with van der Waals surface area (Å²) in [5.74, 6) is 1.08. The zero-order valence-electron chi connectivity index (χ0n) is 13.0. The summed E-state index contributed by atoms with van der Waals surface area (Å²) in [5, 5.41) is 12.3. The topological polar surface area (TPSA) is 99.0 Å². The zero-order valence-corrected chi connectivity index (χ0v) is 13.8. The molecule has 0 bridgehead atoms. The first-order chi connectivity index (χ1) is 11.7. The minimum Gasteiger partial charge on any atom is -0.417 e. The zero-order chi connectivity index (χ0) is 16.8. The highest BCUT2D eigenvalue weighted by molar-refractivity contribution is 6.30. The summed E-state index contributed by atoms with van der Waals surface area (Å²) >= 11 is 5.94. The van der Waals surface area contributed by atoms with E-state index in [4.69, 9.17) is 31.3 Å². The van der Waals surface area contributed by atoms with E-state index in [1.54, 1.807) is 12.1 Å². The maximum absolute atomic E-state index is 5.94. The summed E-state index contributed by atoms with van der Waals surface area (Å²) in [6.45, 7) is 3.69. The minimum atomic E-state index is 0.0530. The first kappa shape index (κ1) is 16.7. The Hall–Kier alpha value is -2.16. The molecule has 2 N–H and O–H groups in total. The summed E-state index contributed by atoms with van der Waals surface area (Å²) < 4.78 is 10.8. The van der Waals surface area contributed by atoms with Crippen molar-refractivity contribution in [3.63, 3.8) is 0 Å². The Morgan fingerprint density at radius 2 is 2.17 bits per heavy atom. The molecular weight excluding hydrogens is 334 g/mol. The standard InChI is InChI=1S/C15H18ClN5O3/c16-12-3-1-2-11(8-12)15-19-18-14(24-15)10-23-20-13(17)9-21-4-6-22-7-5-21/h1-3,8H,4-7,9-10H2,(H2,17,20). The van der Waals surface area contributed by atoms with Gasteiger partial charge in [-0.05, 0) is 18.2 Å². The molecule has 8 nitrogen and oxygen atoms in total. The van der Waals surface area contributed by atoms with Gasteiger partial charge in [-0.1, -0.05) is 22.8 Å². The number of oxime groups is 1. The molecule has 0 amide bonds. The predicted octanol–water partition coefficient (Wildman–Crippen LogP) is 1.51. The van der Waals surface area contributed by atoms with Crippen LogP contribution in [0.1, 0.15) is 5.89 Å². The second-order valence-corrected chi connectivity index (χ2v) is 5.69. The number of aromatic nitrogens is 2. The van der Waals surface area contributed by atoms with E-state index in [1.165, 1.54) is 0 Å². The van der Waals surface area contributed by atoms with E-state index < -0.39 is 0 Å². The van der Waals surface area contributed by atoms with Gasteiger partial charge >= 0.3 is 0 Å². The second kappa shape index (κ2) is 8.09. The Labute approximate surface area is 144 Å². The van der Waals surface area contributed by atoms with Crippen molar-refractivity contribution in [3.8, 4) is 11.5 Å². The lowest BCUT2D eigenvalue weighted by atomic mass is 10.2. The third-order valence-corrected chi connectivity index (χ3v) is 3.63. The molecule has 1 aromatic carbocycles. The van der Waals surface area contributed by atoms with Crippen LogP contribution in [0, 0.1) is 0 Å². The van der Waals surface area contributed by atoms with Gasteiger partial charge in [0.2, 0.25) is 5.89 Å². The lowest BCUT2D eigenvalue weighted by molar-refractivity contribution is 0.0441. The molecular formula is C15H18ClN5O3. The maximum atomic E-state index is 5.94. The predicted molar refractivity (Wildman–Crippen MR) is 88.4 cm³/mol. The fourth-order valence-corrected chi connectivity index (χ4v) is 2.43. The van der Waals surface area contributed by atoms with E-state index in [1.807, 2.05) is 12.1 Å². The summed E-state index contributed by atoms with van der Waals surface area (Å²) in [4.78, 5) is 7.33. The monoisotopic (exact) mass is 351 g/mol. The average Bonchev–Trinajstić information content (AvgIpc) is 3.05. The smallest absolute Gasteiger partial charge is 0.257 e. The number of morpholine rings is 1. The highest BCUT2D eigenvalue weighted by Crippen LogP contribution is 2.21. The molecule has 1 aliphatic heterocycles.